The van der Waals surface area contributed by atoms with Crippen LogP contribution in [0.2, 0.25) is 0 Å². The number of guanidine groups is 1. The Labute approximate surface area is 193 Å². The van der Waals surface area contributed by atoms with E-state index in [0.29, 0.717) is 19.1 Å². The van der Waals surface area contributed by atoms with Crippen LogP contribution in [0.1, 0.15) is 44.2 Å². The normalized spacial score (nSPS) is 16.6. The summed E-state index contributed by atoms with van der Waals surface area (Å²) in [5.74, 6) is 2.28. The fourth-order valence-corrected chi connectivity index (χ4v) is 3.00. The van der Waals surface area contributed by atoms with Crippen LogP contribution in [-0.4, -0.2) is 52.1 Å². The molecule has 0 radical (unpaired) electrons. The van der Waals surface area contributed by atoms with E-state index in [1.165, 1.54) is 5.56 Å². The molecular formula is C22H38IN3O3. The third-order valence-electron chi connectivity index (χ3n) is 4.55. The minimum atomic E-state index is 0. The molecule has 1 saturated heterocycles. The van der Waals surface area contributed by atoms with Crippen LogP contribution in [-0.2, 0) is 16.0 Å². The summed E-state index contributed by atoms with van der Waals surface area (Å²) < 4.78 is 17.3. The van der Waals surface area contributed by atoms with Gasteiger partial charge in [0.25, 0.3) is 0 Å². The number of benzene rings is 1. The van der Waals surface area contributed by atoms with Crippen LogP contribution < -0.4 is 15.4 Å². The first-order chi connectivity index (χ1) is 13.6. The standard InChI is InChI=1S/C22H37N3O3.HI/c1-17(2)15-26-11-6-10-24-22(23-4)25-14-19-9-8-18(3)13-21(19)28-16-20-7-5-12-27-20;/h8-9,13,17,20H,5-7,10-12,14-16H2,1-4H3,(H2,23,24,25);1H. The highest BCUT2D eigenvalue weighted by Crippen LogP contribution is 2.22. The first kappa shape index (κ1) is 26.0. The van der Waals surface area contributed by atoms with Crippen molar-refractivity contribution in [3.8, 4) is 5.75 Å². The van der Waals surface area contributed by atoms with E-state index in [1.54, 1.807) is 7.05 Å². The van der Waals surface area contributed by atoms with Crippen molar-refractivity contribution in [1.82, 2.24) is 10.6 Å². The molecule has 2 rings (SSSR count). The Bertz CT molecular complexity index is 605. The summed E-state index contributed by atoms with van der Waals surface area (Å²) in [4.78, 5) is 4.30. The smallest absolute Gasteiger partial charge is 0.191 e. The molecule has 1 unspecified atom stereocenters. The Morgan fingerprint density at radius 2 is 2.14 bits per heavy atom. The SMILES string of the molecule is CN=C(NCCCOCC(C)C)NCc1ccc(C)cc1OCC1CCCO1.I. The number of rotatable bonds is 11. The zero-order chi connectivity index (χ0) is 20.2. The Hall–Kier alpha value is -1.06. The van der Waals surface area contributed by atoms with Crippen molar-refractivity contribution in [2.75, 3.05) is 40.0 Å². The lowest BCUT2D eigenvalue weighted by Gasteiger charge is -2.17. The molecule has 1 aliphatic rings. The van der Waals surface area contributed by atoms with Gasteiger partial charge in [0.2, 0.25) is 0 Å². The zero-order valence-corrected chi connectivity index (χ0v) is 20.7. The van der Waals surface area contributed by atoms with Gasteiger partial charge in [-0.1, -0.05) is 26.0 Å². The first-order valence-corrected chi connectivity index (χ1v) is 10.4. The predicted octanol–water partition coefficient (Wildman–Crippen LogP) is 3.90. The maximum atomic E-state index is 6.07. The summed E-state index contributed by atoms with van der Waals surface area (Å²) in [6.45, 7) is 10.9. The summed E-state index contributed by atoms with van der Waals surface area (Å²) in [6.07, 6.45) is 3.37. The molecule has 7 heteroatoms. The topological polar surface area (TPSA) is 64.1 Å². The summed E-state index contributed by atoms with van der Waals surface area (Å²) in [6, 6.07) is 6.31. The third-order valence-corrected chi connectivity index (χ3v) is 4.55. The van der Waals surface area contributed by atoms with Crippen LogP contribution >= 0.6 is 24.0 Å². The number of aryl methyl sites for hydroxylation is 1. The average Bonchev–Trinajstić information content (AvgIpc) is 3.19. The first-order valence-electron chi connectivity index (χ1n) is 10.4. The highest BCUT2D eigenvalue weighted by atomic mass is 127. The van der Waals surface area contributed by atoms with Gasteiger partial charge >= 0.3 is 0 Å². The second-order valence-corrected chi connectivity index (χ2v) is 7.73. The molecule has 0 amide bonds. The lowest BCUT2D eigenvalue weighted by molar-refractivity contribution is 0.0676. The van der Waals surface area contributed by atoms with Crippen LogP contribution in [0.15, 0.2) is 23.2 Å². The Kier molecular flexibility index (Phi) is 13.3. The van der Waals surface area contributed by atoms with Gasteiger partial charge in [-0.3, -0.25) is 4.99 Å². The molecule has 0 saturated carbocycles. The molecule has 166 valence electrons. The summed E-state index contributed by atoms with van der Waals surface area (Å²) in [5.41, 5.74) is 2.31. The van der Waals surface area contributed by atoms with E-state index in [1.807, 2.05) is 0 Å². The van der Waals surface area contributed by atoms with Crippen LogP contribution in [0.3, 0.4) is 0 Å². The molecule has 0 aromatic heterocycles. The number of nitrogens with zero attached hydrogens (tertiary/aromatic N) is 1. The molecule has 0 aliphatic carbocycles. The molecule has 2 N–H and O–H groups in total. The molecule has 29 heavy (non-hydrogen) atoms. The number of aliphatic imine (C=N–C) groups is 1. The van der Waals surface area contributed by atoms with Gasteiger partial charge in [0.15, 0.2) is 5.96 Å². The fraction of sp³-hybridized carbons (Fsp3) is 0.682. The van der Waals surface area contributed by atoms with Gasteiger partial charge in [0, 0.05) is 45.5 Å². The van der Waals surface area contributed by atoms with Gasteiger partial charge in [-0.2, -0.15) is 0 Å². The monoisotopic (exact) mass is 519 g/mol. The van der Waals surface area contributed by atoms with E-state index in [0.717, 1.165) is 62.9 Å². The van der Waals surface area contributed by atoms with E-state index in [2.05, 4.69) is 54.6 Å². The van der Waals surface area contributed by atoms with Gasteiger partial charge in [0.1, 0.15) is 12.4 Å². The predicted molar refractivity (Wildman–Crippen MR) is 130 cm³/mol. The minimum Gasteiger partial charge on any atom is -0.491 e. The van der Waals surface area contributed by atoms with Gasteiger partial charge in [0.05, 0.1) is 6.10 Å². The maximum absolute atomic E-state index is 6.07. The zero-order valence-electron chi connectivity index (χ0n) is 18.3. The highest BCUT2D eigenvalue weighted by molar-refractivity contribution is 14.0. The van der Waals surface area contributed by atoms with E-state index >= 15 is 0 Å². The van der Waals surface area contributed by atoms with Crippen LogP contribution in [0.4, 0.5) is 0 Å². The molecule has 0 bridgehead atoms. The fourth-order valence-electron chi connectivity index (χ4n) is 3.00. The molecule has 1 atom stereocenters. The molecule has 0 spiro atoms. The second-order valence-electron chi connectivity index (χ2n) is 7.73. The lowest BCUT2D eigenvalue weighted by atomic mass is 10.1. The number of ether oxygens (including phenoxy) is 3. The Morgan fingerprint density at radius 1 is 1.31 bits per heavy atom. The van der Waals surface area contributed by atoms with Crippen molar-refractivity contribution >= 4 is 29.9 Å². The van der Waals surface area contributed by atoms with Gasteiger partial charge in [-0.15, -0.1) is 24.0 Å². The van der Waals surface area contributed by atoms with Crippen molar-refractivity contribution in [3.63, 3.8) is 0 Å². The largest absolute Gasteiger partial charge is 0.491 e. The van der Waals surface area contributed by atoms with E-state index in [9.17, 15) is 0 Å². The van der Waals surface area contributed by atoms with Crippen LogP contribution in [0, 0.1) is 12.8 Å². The van der Waals surface area contributed by atoms with Crippen molar-refractivity contribution < 1.29 is 14.2 Å². The number of nitrogens with one attached hydrogen (secondary N) is 2. The molecule has 1 heterocycles. The quantitative estimate of drug-likeness (QED) is 0.201. The van der Waals surface area contributed by atoms with Crippen molar-refractivity contribution in [2.45, 2.75) is 52.7 Å². The van der Waals surface area contributed by atoms with E-state index < -0.39 is 0 Å². The molecule has 1 fully saturated rings. The minimum absolute atomic E-state index is 0. The molecule has 6 nitrogen and oxygen atoms in total. The number of hydrogen-bond acceptors (Lipinski definition) is 4. The average molecular weight is 519 g/mol. The second kappa shape index (κ2) is 14.8. The van der Waals surface area contributed by atoms with Crippen LogP contribution in [0.25, 0.3) is 0 Å². The van der Waals surface area contributed by atoms with Crippen molar-refractivity contribution in [3.05, 3.63) is 29.3 Å². The van der Waals surface area contributed by atoms with E-state index in [-0.39, 0.29) is 30.1 Å². The highest BCUT2D eigenvalue weighted by Gasteiger charge is 2.17. The van der Waals surface area contributed by atoms with Gasteiger partial charge in [-0.25, -0.2) is 0 Å². The summed E-state index contributed by atoms with van der Waals surface area (Å²) >= 11 is 0. The number of hydrogen-bond donors (Lipinski definition) is 2. The van der Waals surface area contributed by atoms with Gasteiger partial charge in [-0.05, 0) is 43.7 Å². The maximum Gasteiger partial charge on any atom is 0.191 e. The molecule has 1 aromatic rings. The third kappa shape index (κ3) is 10.5. The molecule has 1 aliphatic heterocycles. The van der Waals surface area contributed by atoms with Crippen LogP contribution in [0.5, 0.6) is 5.75 Å². The lowest BCUT2D eigenvalue weighted by Crippen LogP contribution is -2.37. The van der Waals surface area contributed by atoms with E-state index in [4.69, 9.17) is 14.2 Å². The summed E-state index contributed by atoms with van der Waals surface area (Å²) in [7, 11) is 1.79. The Morgan fingerprint density at radius 3 is 2.83 bits per heavy atom. The summed E-state index contributed by atoms with van der Waals surface area (Å²) in [5, 5.41) is 6.70. The van der Waals surface area contributed by atoms with Crippen molar-refractivity contribution in [1.29, 1.82) is 0 Å². The van der Waals surface area contributed by atoms with Gasteiger partial charge < -0.3 is 24.8 Å². The van der Waals surface area contributed by atoms with Crippen molar-refractivity contribution in [2.24, 2.45) is 10.9 Å². The molecular weight excluding hydrogens is 481 g/mol. The Balaban J connectivity index is 0.00000420. The number of halogens is 1. The molecule has 1 aromatic carbocycles.